The number of benzene rings is 2. The van der Waals surface area contributed by atoms with Crippen LogP contribution in [0.2, 0.25) is 0 Å². The molecule has 7 heteroatoms. The maximum Gasteiger partial charge on any atom is 0.231 e. The first-order chi connectivity index (χ1) is 14.3. The number of hydrogen-bond donors (Lipinski definition) is 2. The van der Waals surface area contributed by atoms with Gasteiger partial charge < -0.3 is 25.0 Å². The molecule has 2 aliphatic rings. The number of nitrogens with zero attached hydrogens (tertiary/aromatic N) is 2. The minimum absolute atomic E-state index is 0. The van der Waals surface area contributed by atoms with E-state index in [9.17, 15) is 0 Å². The van der Waals surface area contributed by atoms with Gasteiger partial charge in [0.1, 0.15) is 0 Å². The molecule has 0 atom stereocenters. The molecule has 0 saturated carbocycles. The normalized spacial score (nSPS) is 14.6. The van der Waals surface area contributed by atoms with Crippen molar-refractivity contribution in [2.45, 2.75) is 19.9 Å². The number of ether oxygens (including phenoxy) is 2. The Bertz CT molecular complexity index is 893. The van der Waals surface area contributed by atoms with Gasteiger partial charge in [-0.05, 0) is 48.7 Å². The molecule has 0 saturated heterocycles. The average molecular weight is 520 g/mol. The van der Waals surface area contributed by atoms with Gasteiger partial charge in [-0.1, -0.05) is 30.4 Å². The van der Waals surface area contributed by atoms with Gasteiger partial charge in [-0.15, -0.1) is 24.0 Å². The number of guanidine groups is 1. The zero-order valence-electron chi connectivity index (χ0n) is 17.3. The summed E-state index contributed by atoms with van der Waals surface area (Å²) in [7, 11) is 0. The zero-order chi connectivity index (χ0) is 19.9. The van der Waals surface area contributed by atoms with Gasteiger partial charge in [0.05, 0.1) is 6.54 Å². The number of aliphatic imine (C=N–C) groups is 1. The topological polar surface area (TPSA) is 58.1 Å². The predicted molar refractivity (Wildman–Crippen MR) is 132 cm³/mol. The van der Waals surface area contributed by atoms with E-state index in [2.05, 4.69) is 64.9 Å². The van der Waals surface area contributed by atoms with Crippen LogP contribution in [0.4, 0.5) is 5.69 Å². The number of rotatable bonds is 7. The molecule has 2 aliphatic heterocycles. The van der Waals surface area contributed by atoms with E-state index in [-0.39, 0.29) is 24.0 Å². The zero-order valence-corrected chi connectivity index (χ0v) is 19.6. The number of fused-ring (bicyclic) bond motifs is 1. The Morgan fingerprint density at radius 1 is 1.00 bits per heavy atom. The molecule has 0 bridgehead atoms. The van der Waals surface area contributed by atoms with Crippen LogP contribution in [0.5, 0.6) is 11.5 Å². The predicted octanol–water partition coefficient (Wildman–Crippen LogP) is 3.71. The lowest BCUT2D eigenvalue weighted by Crippen LogP contribution is -2.38. The Balaban J connectivity index is 0.00000256. The van der Waals surface area contributed by atoms with Crippen LogP contribution in [0.3, 0.4) is 0 Å². The molecule has 6 nitrogen and oxygen atoms in total. The summed E-state index contributed by atoms with van der Waals surface area (Å²) in [6, 6.07) is 14.7. The van der Waals surface area contributed by atoms with Gasteiger partial charge in [0.15, 0.2) is 17.5 Å². The van der Waals surface area contributed by atoms with E-state index in [4.69, 9.17) is 14.5 Å². The first-order valence-electron chi connectivity index (χ1n) is 10.2. The molecule has 0 aromatic heterocycles. The Morgan fingerprint density at radius 2 is 1.83 bits per heavy atom. The highest BCUT2D eigenvalue weighted by molar-refractivity contribution is 14.0. The van der Waals surface area contributed by atoms with Crippen molar-refractivity contribution >= 4 is 35.6 Å². The first-order valence-corrected chi connectivity index (χ1v) is 10.2. The summed E-state index contributed by atoms with van der Waals surface area (Å²) in [4.78, 5) is 7.11. The highest BCUT2D eigenvalue weighted by Gasteiger charge is 2.13. The molecule has 0 radical (unpaired) electrons. The minimum Gasteiger partial charge on any atom is -0.454 e. The third-order valence-electron chi connectivity index (χ3n) is 5.00. The molecule has 30 heavy (non-hydrogen) atoms. The maximum atomic E-state index is 5.45. The monoisotopic (exact) mass is 520 g/mol. The summed E-state index contributed by atoms with van der Waals surface area (Å²) in [6.45, 7) is 6.63. The van der Waals surface area contributed by atoms with Crippen molar-refractivity contribution in [3.63, 3.8) is 0 Å². The standard InChI is InChI=1S/C23H28N4O2.HI/c1-2-24-23(25-11-10-18-8-9-21-22(15-18)29-17-28-21)26-16-19-6-5-7-20(14-19)27-12-3-4-13-27;/h3-9,14-15H,2,10-13,16-17H2,1H3,(H2,24,25,26);1H. The SMILES string of the molecule is CCNC(=NCc1cccc(N2CC=CC2)c1)NCCc1ccc2c(c1)OCO2.I. The van der Waals surface area contributed by atoms with E-state index in [1.807, 2.05) is 12.1 Å². The largest absolute Gasteiger partial charge is 0.454 e. The average Bonchev–Trinajstić information content (AvgIpc) is 3.44. The van der Waals surface area contributed by atoms with E-state index < -0.39 is 0 Å². The number of halogens is 1. The van der Waals surface area contributed by atoms with Crippen LogP contribution in [0.1, 0.15) is 18.1 Å². The summed E-state index contributed by atoms with van der Waals surface area (Å²) in [5.41, 5.74) is 3.68. The van der Waals surface area contributed by atoms with Gasteiger partial charge in [0.25, 0.3) is 0 Å². The molecule has 0 amide bonds. The van der Waals surface area contributed by atoms with E-state index in [1.165, 1.54) is 16.8 Å². The Kier molecular flexibility index (Phi) is 8.24. The van der Waals surface area contributed by atoms with Crippen molar-refractivity contribution in [2.75, 3.05) is 37.9 Å². The second kappa shape index (κ2) is 11.1. The Morgan fingerprint density at radius 3 is 2.67 bits per heavy atom. The summed E-state index contributed by atoms with van der Waals surface area (Å²) in [6.07, 6.45) is 5.30. The second-order valence-electron chi connectivity index (χ2n) is 7.11. The molecular formula is C23H29IN4O2. The Hall–Kier alpha value is -2.42. The summed E-state index contributed by atoms with van der Waals surface area (Å²) in [5.74, 6) is 2.49. The van der Waals surface area contributed by atoms with Crippen LogP contribution < -0.4 is 25.0 Å². The summed E-state index contributed by atoms with van der Waals surface area (Å²) >= 11 is 0. The summed E-state index contributed by atoms with van der Waals surface area (Å²) < 4.78 is 10.8. The van der Waals surface area contributed by atoms with Crippen molar-refractivity contribution in [2.24, 2.45) is 4.99 Å². The van der Waals surface area contributed by atoms with Gasteiger partial charge in [-0.25, -0.2) is 4.99 Å². The van der Waals surface area contributed by atoms with Gasteiger partial charge in [-0.2, -0.15) is 0 Å². The fourth-order valence-corrected chi connectivity index (χ4v) is 3.47. The fraction of sp³-hybridized carbons (Fsp3) is 0.348. The highest BCUT2D eigenvalue weighted by atomic mass is 127. The van der Waals surface area contributed by atoms with Crippen molar-refractivity contribution < 1.29 is 9.47 Å². The lowest BCUT2D eigenvalue weighted by molar-refractivity contribution is 0.174. The van der Waals surface area contributed by atoms with Crippen LogP contribution in [0, 0.1) is 0 Å². The van der Waals surface area contributed by atoms with Crippen LogP contribution in [-0.2, 0) is 13.0 Å². The lowest BCUT2D eigenvalue weighted by Gasteiger charge is -2.18. The van der Waals surface area contributed by atoms with Gasteiger partial charge >= 0.3 is 0 Å². The van der Waals surface area contributed by atoms with Crippen molar-refractivity contribution in [1.29, 1.82) is 0 Å². The quantitative estimate of drug-likeness (QED) is 0.253. The lowest BCUT2D eigenvalue weighted by atomic mass is 10.1. The van der Waals surface area contributed by atoms with E-state index in [1.54, 1.807) is 0 Å². The molecule has 2 aromatic carbocycles. The van der Waals surface area contributed by atoms with E-state index >= 15 is 0 Å². The highest BCUT2D eigenvalue weighted by Crippen LogP contribution is 2.32. The van der Waals surface area contributed by atoms with Crippen LogP contribution >= 0.6 is 24.0 Å². The van der Waals surface area contributed by atoms with Crippen LogP contribution in [-0.4, -0.2) is 38.9 Å². The molecular weight excluding hydrogens is 491 g/mol. The Labute approximate surface area is 195 Å². The second-order valence-corrected chi connectivity index (χ2v) is 7.11. The number of anilines is 1. The first kappa shape index (κ1) is 22.3. The molecule has 0 fully saturated rings. The fourth-order valence-electron chi connectivity index (χ4n) is 3.47. The summed E-state index contributed by atoms with van der Waals surface area (Å²) in [5, 5.41) is 6.75. The van der Waals surface area contributed by atoms with E-state index in [0.29, 0.717) is 13.3 Å². The number of hydrogen-bond acceptors (Lipinski definition) is 4. The van der Waals surface area contributed by atoms with Crippen molar-refractivity contribution in [3.8, 4) is 11.5 Å². The third kappa shape index (κ3) is 5.81. The molecule has 4 rings (SSSR count). The van der Waals surface area contributed by atoms with Gasteiger partial charge in [0, 0.05) is 31.9 Å². The van der Waals surface area contributed by atoms with Crippen LogP contribution in [0.15, 0.2) is 59.6 Å². The van der Waals surface area contributed by atoms with Gasteiger partial charge in [0.2, 0.25) is 6.79 Å². The molecule has 2 aromatic rings. The molecule has 2 N–H and O–H groups in total. The van der Waals surface area contributed by atoms with Crippen molar-refractivity contribution in [1.82, 2.24) is 10.6 Å². The molecule has 2 heterocycles. The molecule has 0 spiro atoms. The van der Waals surface area contributed by atoms with E-state index in [0.717, 1.165) is 50.1 Å². The third-order valence-corrected chi connectivity index (χ3v) is 5.00. The number of nitrogens with one attached hydrogen (secondary N) is 2. The van der Waals surface area contributed by atoms with Crippen molar-refractivity contribution in [3.05, 3.63) is 65.7 Å². The maximum absolute atomic E-state index is 5.45. The van der Waals surface area contributed by atoms with Gasteiger partial charge in [-0.3, -0.25) is 0 Å². The molecule has 0 unspecified atom stereocenters. The molecule has 0 aliphatic carbocycles. The van der Waals surface area contributed by atoms with Crippen LogP contribution in [0.25, 0.3) is 0 Å². The smallest absolute Gasteiger partial charge is 0.231 e. The molecule has 160 valence electrons. The minimum atomic E-state index is 0.